The van der Waals surface area contributed by atoms with E-state index >= 15 is 0 Å². The number of nitrogens with zero attached hydrogens (tertiary/aromatic N) is 2. The van der Waals surface area contributed by atoms with E-state index in [1.165, 1.54) is 32.1 Å². The molecule has 3 amide bonds. The first-order valence-corrected chi connectivity index (χ1v) is 13.9. The minimum Gasteiger partial charge on any atom is -0.465 e. The van der Waals surface area contributed by atoms with Gasteiger partial charge in [0.2, 0.25) is 0 Å². The van der Waals surface area contributed by atoms with E-state index in [9.17, 15) is 9.59 Å². The first-order valence-electron chi connectivity index (χ1n) is 13.6. The number of carbonyl (C=O) groups is 2. The van der Waals surface area contributed by atoms with E-state index in [0.29, 0.717) is 37.0 Å². The predicted octanol–water partition coefficient (Wildman–Crippen LogP) is 4.84. The van der Waals surface area contributed by atoms with Crippen LogP contribution in [-0.4, -0.2) is 74.0 Å². The number of likely N-dealkylation sites (N-methyl/N-ethyl adjacent to an activating group) is 1. The van der Waals surface area contributed by atoms with Gasteiger partial charge in [-0.25, -0.2) is 9.59 Å². The lowest BCUT2D eigenvalue weighted by atomic mass is 9.85. The summed E-state index contributed by atoms with van der Waals surface area (Å²) in [6.07, 6.45) is 9.10. The minimum absolute atomic E-state index is 0.0195. The van der Waals surface area contributed by atoms with Crippen LogP contribution in [0.2, 0.25) is 5.02 Å². The summed E-state index contributed by atoms with van der Waals surface area (Å²) in [5.41, 5.74) is 2.17. The van der Waals surface area contributed by atoms with Crippen molar-refractivity contribution in [2.75, 3.05) is 44.7 Å². The molecule has 2 atom stereocenters. The second-order valence-electron chi connectivity index (χ2n) is 10.4. The molecular formula is C27H44ClN5O3. The number of rotatable bonds is 11. The lowest BCUT2D eigenvalue weighted by molar-refractivity contribution is 0.171. The molecule has 1 saturated carbocycles. The van der Waals surface area contributed by atoms with Crippen LogP contribution in [0.4, 0.5) is 15.3 Å². The van der Waals surface area contributed by atoms with Gasteiger partial charge < -0.3 is 30.9 Å². The Labute approximate surface area is 221 Å². The van der Waals surface area contributed by atoms with Crippen molar-refractivity contribution in [1.82, 2.24) is 20.9 Å². The maximum Gasteiger partial charge on any atom is 0.404 e. The molecule has 36 heavy (non-hydrogen) atoms. The monoisotopic (exact) mass is 521 g/mol. The number of benzene rings is 1. The summed E-state index contributed by atoms with van der Waals surface area (Å²) in [5, 5.41) is 18.7. The van der Waals surface area contributed by atoms with Crippen molar-refractivity contribution >= 4 is 29.4 Å². The molecule has 8 nitrogen and oxygen atoms in total. The average molecular weight is 522 g/mol. The highest BCUT2D eigenvalue weighted by atomic mass is 35.5. The number of nitrogens with one attached hydrogen (secondary N) is 3. The fourth-order valence-electron chi connectivity index (χ4n) is 5.76. The normalized spacial score (nSPS) is 19.5. The van der Waals surface area contributed by atoms with Crippen LogP contribution < -0.4 is 20.9 Å². The quantitative estimate of drug-likeness (QED) is 0.312. The van der Waals surface area contributed by atoms with Crippen molar-refractivity contribution < 1.29 is 14.7 Å². The molecule has 1 aliphatic carbocycles. The first kappa shape index (κ1) is 28.4. The lowest BCUT2D eigenvalue weighted by Gasteiger charge is -2.41. The Morgan fingerprint density at radius 2 is 1.97 bits per heavy atom. The maximum absolute atomic E-state index is 13.4. The van der Waals surface area contributed by atoms with Crippen LogP contribution in [0.25, 0.3) is 0 Å². The van der Waals surface area contributed by atoms with Crippen LogP contribution in [0.5, 0.6) is 0 Å². The van der Waals surface area contributed by atoms with E-state index in [4.69, 9.17) is 16.7 Å². The molecule has 1 saturated heterocycles. The Bertz CT molecular complexity index is 849. The number of hydrogen-bond donors (Lipinski definition) is 4. The molecular weight excluding hydrogens is 478 g/mol. The smallest absolute Gasteiger partial charge is 0.404 e. The molecule has 1 aromatic rings. The number of carbonyl (C=O) groups excluding carboxylic acids is 1. The maximum atomic E-state index is 13.4. The number of anilines is 1. The van der Waals surface area contributed by atoms with Crippen LogP contribution in [0.1, 0.15) is 63.4 Å². The zero-order chi connectivity index (χ0) is 25.9. The number of hydrogen-bond acceptors (Lipinski definition) is 4. The lowest BCUT2D eigenvalue weighted by Crippen LogP contribution is -2.55. The van der Waals surface area contributed by atoms with E-state index in [-0.39, 0.29) is 18.1 Å². The van der Waals surface area contributed by atoms with Gasteiger partial charge in [0.15, 0.2) is 0 Å². The second kappa shape index (κ2) is 14.5. The number of piperidine rings is 1. The number of likely N-dealkylation sites (tertiary alicyclic amines) is 1. The summed E-state index contributed by atoms with van der Waals surface area (Å²) in [4.78, 5) is 28.5. The summed E-state index contributed by atoms with van der Waals surface area (Å²) in [5.74, 6) is 0.701. The fourth-order valence-corrected chi connectivity index (χ4v) is 5.93. The number of halogens is 1. The molecule has 2 fully saturated rings. The Hall–Kier alpha value is -2.19. The molecule has 4 N–H and O–H groups in total. The van der Waals surface area contributed by atoms with Crippen LogP contribution in [-0.2, 0) is 0 Å². The Kier molecular flexibility index (Phi) is 11.5. The second-order valence-corrected chi connectivity index (χ2v) is 10.8. The van der Waals surface area contributed by atoms with Gasteiger partial charge in [-0.2, -0.15) is 0 Å². The number of aryl methyl sites for hydroxylation is 1. The third-order valence-electron chi connectivity index (χ3n) is 7.58. The molecule has 202 valence electrons. The SMILES string of the molecule is CNCC(CC1CCCCC1)NC(=O)N1CCCC(N(CCCNC(=O)O)c2cc(Cl)ccc2C)C1. The summed E-state index contributed by atoms with van der Waals surface area (Å²) < 4.78 is 0. The Morgan fingerprint density at radius 3 is 2.69 bits per heavy atom. The highest BCUT2D eigenvalue weighted by Gasteiger charge is 2.30. The molecule has 0 radical (unpaired) electrons. The van der Waals surface area contributed by atoms with Crippen LogP contribution in [0, 0.1) is 12.8 Å². The van der Waals surface area contributed by atoms with Crippen molar-refractivity contribution in [1.29, 1.82) is 0 Å². The molecule has 0 aromatic heterocycles. The van der Waals surface area contributed by atoms with Gasteiger partial charge in [-0.3, -0.25) is 0 Å². The van der Waals surface area contributed by atoms with Crippen LogP contribution in [0.3, 0.4) is 0 Å². The summed E-state index contributed by atoms with van der Waals surface area (Å²) >= 11 is 6.35. The number of carboxylic acid groups (broad SMARTS) is 1. The molecule has 3 rings (SSSR count). The van der Waals surface area contributed by atoms with Gasteiger partial charge in [-0.1, -0.05) is 49.8 Å². The molecule has 9 heteroatoms. The van der Waals surface area contributed by atoms with Gasteiger partial charge in [0.1, 0.15) is 0 Å². The standard InChI is InChI=1S/C27H44ClN5O3/c1-20-11-12-22(28)17-25(20)33(15-7-13-30-27(35)36)24-10-6-14-32(19-24)26(34)31-23(18-29-2)16-21-8-4-3-5-9-21/h11-12,17,21,23-24,29-30H,3-10,13-16,18-19H2,1-2H3,(H,31,34)(H,35,36). The van der Waals surface area contributed by atoms with Gasteiger partial charge in [0, 0.05) is 55.5 Å². The van der Waals surface area contributed by atoms with E-state index in [1.54, 1.807) is 0 Å². The van der Waals surface area contributed by atoms with Crippen molar-refractivity contribution in [3.05, 3.63) is 28.8 Å². The van der Waals surface area contributed by atoms with Crippen molar-refractivity contribution in [2.45, 2.75) is 76.8 Å². The molecule has 2 unspecified atom stereocenters. The van der Waals surface area contributed by atoms with Gasteiger partial charge in [0.25, 0.3) is 0 Å². The molecule has 1 aromatic carbocycles. The third-order valence-corrected chi connectivity index (χ3v) is 7.81. The van der Waals surface area contributed by atoms with Gasteiger partial charge in [-0.05, 0) is 63.3 Å². The van der Waals surface area contributed by atoms with E-state index in [1.807, 2.05) is 30.1 Å². The van der Waals surface area contributed by atoms with Gasteiger partial charge in [0.05, 0.1) is 0 Å². The van der Waals surface area contributed by atoms with Gasteiger partial charge >= 0.3 is 12.1 Å². The number of urea groups is 1. The van der Waals surface area contributed by atoms with Crippen LogP contribution in [0.15, 0.2) is 18.2 Å². The zero-order valence-corrected chi connectivity index (χ0v) is 22.7. The van der Waals surface area contributed by atoms with Crippen molar-refractivity contribution in [3.8, 4) is 0 Å². The summed E-state index contributed by atoms with van der Waals surface area (Å²) in [7, 11) is 1.95. The topological polar surface area (TPSA) is 96.9 Å². The van der Waals surface area contributed by atoms with Crippen LogP contribution >= 0.6 is 11.6 Å². The van der Waals surface area contributed by atoms with Crippen molar-refractivity contribution in [3.63, 3.8) is 0 Å². The zero-order valence-electron chi connectivity index (χ0n) is 21.9. The molecule has 0 bridgehead atoms. The molecule has 0 spiro atoms. The van der Waals surface area contributed by atoms with E-state index in [2.05, 4.69) is 27.8 Å². The summed E-state index contributed by atoms with van der Waals surface area (Å²) in [6.45, 7) is 5.31. The Balaban J connectivity index is 1.66. The highest BCUT2D eigenvalue weighted by molar-refractivity contribution is 6.30. The van der Waals surface area contributed by atoms with E-state index < -0.39 is 6.09 Å². The molecule has 1 aliphatic heterocycles. The molecule has 1 heterocycles. The molecule has 2 aliphatic rings. The minimum atomic E-state index is -1.01. The van der Waals surface area contributed by atoms with Gasteiger partial charge in [-0.15, -0.1) is 0 Å². The first-order chi connectivity index (χ1) is 17.4. The fraction of sp³-hybridized carbons (Fsp3) is 0.704. The highest BCUT2D eigenvalue weighted by Crippen LogP contribution is 2.30. The Morgan fingerprint density at radius 1 is 1.19 bits per heavy atom. The predicted molar refractivity (Wildman–Crippen MR) is 146 cm³/mol. The average Bonchev–Trinajstić information content (AvgIpc) is 2.86. The largest absolute Gasteiger partial charge is 0.465 e. The number of amides is 3. The van der Waals surface area contributed by atoms with Crippen molar-refractivity contribution in [2.24, 2.45) is 5.92 Å². The third kappa shape index (κ3) is 8.73. The summed E-state index contributed by atoms with van der Waals surface area (Å²) in [6, 6.07) is 6.19. The van der Waals surface area contributed by atoms with E-state index in [0.717, 1.165) is 43.6 Å².